The first-order valence-corrected chi connectivity index (χ1v) is 12.6. The van der Waals surface area contributed by atoms with Crippen LogP contribution in [0.25, 0.3) is 33.6 Å². The van der Waals surface area contributed by atoms with Gasteiger partial charge in [0.2, 0.25) is 0 Å². The molecule has 1 saturated carbocycles. The van der Waals surface area contributed by atoms with Crippen LogP contribution in [-0.4, -0.2) is 56.7 Å². The molecule has 1 aliphatic carbocycles. The molecule has 2 aliphatic rings. The fourth-order valence-electron chi connectivity index (χ4n) is 5.51. The number of rotatable bonds is 7. The van der Waals surface area contributed by atoms with E-state index in [1.807, 2.05) is 36.3 Å². The van der Waals surface area contributed by atoms with Crippen LogP contribution in [0.4, 0.5) is 0 Å². The Morgan fingerprint density at radius 2 is 2.06 bits per heavy atom. The predicted molar refractivity (Wildman–Crippen MR) is 136 cm³/mol. The summed E-state index contributed by atoms with van der Waals surface area (Å²) in [6.45, 7) is 3.14. The minimum Gasteiger partial charge on any atom is -0.494 e. The van der Waals surface area contributed by atoms with Crippen LogP contribution in [0.1, 0.15) is 36.0 Å². The highest BCUT2D eigenvalue weighted by Crippen LogP contribution is 2.37. The van der Waals surface area contributed by atoms with Crippen molar-refractivity contribution in [3.8, 4) is 17.3 Å². The smallest absolute Gasteiger partial charge is 0.254 e. The van der Waals surface area contributed by atoms with Crippen LogP contribution in [0.5, 0.6) is 5.75 Å². The van der Waals surface area contributed by atoms with Crippen LogP contribution < -0.4 is 10.5 Å². The fraction of sp³-hybridized carbons (Fsp3) is 0.444. The lowest BCUT2D eigenvalue weighted by molar-refractivity contribution is 0.0786. The lowest BCUT2D eigenvalue weighted by Gasteiger charge is -2.17. The second kappa shape index (κ2) is 8.68. The van der Waals surface area contributed by atoms with Crippen LogP contribution in [0.2, 0.25) is 0 Å². The van der Waals surface area contributed by atoms with E-state index < -0.39 is 0 Å². The summed E-state index contributed by atoms with van der Waals surface area (Å²) in [4.78, 5) is 25.0. The van der Waals surface area contributed by atoms with Crippen LogP contribution in [0, 0.1) is 11.8 Å². The quantitative estimate of drug-likeness (QED) is 0.442. The Morgan fingerprint density at radius 1 is 1.20 bits per heavy atom. The van der Waals surface area contributed by atoms with Crippen LogP contribution in [0.15, 0.2) is 36.5 Å². The molecule has 3 aromatic heterocycles. The fourth-order valence-corrected chi connectivity index (χ4v) is 5.51. The summed E-state index contributed by atoms with van der Waals surface area (Å²) in [5.41, 5.74) is 10.0. The molecule has 4 aromatic rings. The number of amides is 1. The molecule has 4 heterocycles. The molecule has 1 amide bonds. The number of ether oxygens (including phenoxy) is 1. The topological polar surface area (TPSA) is 91.2 Å². The maximum absolute atomic E-state index is 13.4. The highest BCUT2D eigenvalue weighted by atomic mass is 16.5. The zero-order chi connectivity index (χ0) is 24.1. The molecule has 0 spiro atoms. The van der Waals surface area contributed by atoms with Gasteiger partial charge in [-0.15, -0.1) is 0 Å². The van der Waals surface area contributed by atoms with Crippen molar-refractivity contribution in [3.63, 3.8) is 0 Å². The molecule has 8 nitrogen and oxygen atoms in total. The Morgan fingerprint density at radius 3 is 2.83 bits per heavy atom. The summed E-state index contributed by atoms with van der Waals surface area (Å²) in [6.07, 6.45) is 6.34. The van der Waals surface area contributed by atoms with E-state index in [1.165, 1.54) is 12.8 Å². The Bertz CT molecular complexity index is 1420. The van der Waals surface area contributed by atoms with E-state index in [4.69, 9.17) is 15.5 Å². The Kier molecular flexibility index (Phi) is 5.48. The number of pyridine rings is 1. The van der Waals surface area contributed by atoms with Crippen molar-refractivity contribution in [1.29, 1.82) is 0 Å². The number of imidazole rings is 1. The summed E-state index contributed by atoms with van der Waals surface area (Å²) < 4.78 is 10.1. The zero-order valence-corrected chi connectivity index (χ0v) is 20.4. The van der Waals surface area contributed by atoms with E-state index in [2.05, 4.69) is 26.3 Å². The van der Waals surface area contributed by atoms with E-state index in [-0.39, 0.29) is 5.91 Å². The molecule has 0 radical (unpaired) electrons. The molecule has 8 heteroatoms. The van der Waals surface area contributed by atoms with Gasteiger partial charge in [-0.25, -0.2) is 9.97 Å². The van der Waals surface area contributed by atoms with Gasteiger partial charge in [0.25, 0.3) is 5.91 Å². The van der Waals surface area contributed by atoms with Gasteiger partial charge in [-0.05, 0) is 74.4 Å². The van der Waals surface area contributed by atoms with Gasteiger partial charge in [-0.1, -0.05) is 0 Å². The average molecular weight is 473 g/mol. The van der Waals surface area contributed by atoms with Crippen molar-refractivity contribution in [2.75, 3.05) is 26.7 Å². The first-order valence-electron chi connectivity index (χ1n) is 12.6. The van der Waals surface area contributed by atoms with Gasteiger partial charge >= 0.3 is 0 Å². The number of carbonyl (C=O) groups excluding carboxylic acids is 1. The first-order chi connectivity index (χ1) is 17.1. The number of methoxy groups -OCH3 is 1. The molecule has 1 saturated heterocycles. The SMILES string of the molecule is COc1cc(C(=O)N2CC[C@H](CCN)C2)cc2nc(-c3cc4cccnc4n3CC3CC3)n(C)c12. The third-order valence-electron chi connectivity index (χ3n) is 7.57. The monoisotopic (exact) mass is 472 g/mol. The summed E-state index contributed by atoms with van der Waals surface area (Å²) in [7, 11) is 3.66. The molecule has 182 valence electrons. The highest BCUT2D eigenvalue weighted by Gasteiger charge is 2.29. The molecular formula is C27H32N6O2. The van der Waals surface area contributed by atoms with Gasteiger partial charge in [-0.2, -0.15) is 0 Å². The number of fused-ring (bicyclic) bond motifs is 2. The number of hydrogen-bond acceptors (Lipinski definition) is 5. The number of carbonyl (C=O) groups is 1. The highest BCUT2D eigenvalue weighted by molar-refractivity contribution is 6.00. The van der Waals surface area contributed by atoms with Gasteiger partial charge in [0.1, 0.15) is 16.9 Å². The van der Waals surface area contributed by atoms with Crippen molar-refractivity contribution >= 4 is 28.0 Å². The van der Waals surface area contributed by atoms with E-state index >= 15 is 0 Å². The molecule has 1 aliphatic heterocycles. The van der Waals surface area contributed by atoms with Crippen LogP contribution >= 0.6 is 0 Å². The van der Waals surface area contributed by atoms with Gasteiger partial charge in [0, 0.05) is 43.8 Å². The molecule has 6 rings (SSSR count). The van der Waals surface area contributed by atoms with Crippen molar-refractivity contribution in [2.24, 2.45) is 24.6 Å². The summed E-state index contributed by atoms with van der Waals surface area (Å²) in [6, 6.07) is 10.0. The number of hydrogen-bond donors (Lipinski definition) is 1. The minimum absolute atomic E-state index is 0.0315. The van der Waals surface area contributed by atoms with Gasteiger partial charge in [0.15, 0.2) is 5.82 Å². The van der Waals surface area contributed by atoms with Gasteiger partial charge in [0.05, 0.1) is 18.3 Å². The standard InChI is InChI=1S/C27H32N6O2/c1-31-24-21(12-20(14-23(24)35-2)27(34)32-11-8-18(15-32)7-9-28)30-26(31)22-13-19-4-3-10-29-25(19)33(22)16-17-5-6-17/h3-4,10,12-14,17-18H,5-9,11,15-16,28H2,1-2H3/t18-/m0/s1. The molecule has 0 bridgehead atoms. The number of aryl methyl sites for hydroxylation is 1. The number of nitrogens with zero attached hydrogens (tertiary/aromatic N) is 5. The van der Waals surface area contributed by atoms with Crippen LogP contribution in [-0.2, 0) is 13.6 Å². The van der Waals surface area contributed by atoms with Gasteiger partial charge in [-0.3, -0.25) is 4.79 Å². The predicted octanol–water partition coefficient (Wildman–Crippen LogP) is 3.82. The molecule has 35 heavy (non-hydrogen) atoms. The van der Waals surface area contributed by atoms with E-state index in [1.54, 1.807) is 7.11 Å². The molecule has 0 unspecified atom stereocenters. The maximum atomic E-state index is 13.4. The Balaban J connectivity index is 1.43. The largest absolute Gasteiger partial charge is 0.494 e. The van der Waals surface area contributed by atoms with E-state index in [9.17, 15) is 4.79 Å². The second-order valence-electron chi connectivity index (χ2n) is 10.0. The van der Waals surface area contributed by atoms with Crippen molar-refractivity contribution < 1.29 is 9.53 Å². The average Bonchev–Trinajstić information content (AvgIpc) is 3.29. The Labute approximate surface area is 204 Å². The second-order valence-corrected chi connectivity index (χ2v) is 10.0. The molecule has 1 aromatic carbocycles. The number of aromatic nitrogens is 4. The molecule has 2 fully saturated rings. The third-order valence-corrected chi connectivity index (χ3v) is 7.57. The number of benzene rings is 1. The number of nitrogens with two attached hydrogens (primary N) is 1. The normalized spacial score (nSPS) is 18.1. The minimum atomic E-state index is 0.0315. The van der Waals surface area contributed by atoms with Crippen molar-refractivity contribution in [1.82, 2.24) is 24.0 Å². The molecule has 1 atom stereocenters. The lowest BCUT2D eigenvalue weighted by Crippen LogP contribution is -2.29. The van der Waals surface area contributed by atoms with E-state index in [0.29, 0.717) is 29.7 Å². The van der Waals surface area contributed by atoms with Gasteiger partial charge < -0.3 is 24.5 Å². The summed E-state index contributed by atoms with van der Waals surface area (Å²) in [5.74, 6) is 2.73. The third kappa shape index (κ3) is 3.86. The van der Waals surface area contributed by atoms with E-state index in [0.717, 1.165) is 66.1 Å². The first kappa shape index (κ1) is 22.1. The lowest BCUT2D eigenvalue weighted by atomic mass is 10.1. The number of likely N-dealkylation sites (tertiary alicyclic amines) is 1. The summed E-state index contributed by atoms with van der Waals surface area (Å²) >= 11 is 0. The van der Waals surface area contributed by atoms with Crippen molar-refractivity contribution in [2.45, 2.75) is 32.2 Å². The Hall–Kier alpha value is -3.39. The van der Waals surface area contributed by atoms with Crippen LogP contribution in [0.3, 0.4) is 0 Å². The van der Waals surface area contributed by atoms with Crippen molar-refractivity contribution in [3.05, 3.63) is 42.1 Å². The molecular weight excluding hydrogens is 440 g/mol. The summed E-state index contributed by atoms with van der Waals surface area (Å²) in [5, 5.41) is 1.11. The zero-order valence-electron chi connectivity index (χ0n) is 20.4. The molecule has 2 N–H and O–H groups in total. The maximum Gasteiger partial charge on any atom is 0.254 e.